The van der Waals surface area contributed by atoms with Crippen molar-refractivity contribution in [1.29, 1.82) is 0 Å². The van der Waals surface area contributed by atoms with Crippen LogP contribution in [0.2, 0.25) is 0 Å². The summed E-state index contributed by atoms with van der Waals surface area (Å²) in [5.41, 5.74) is 11.3. The monoisotopic (exact) mass is 537 g/mol. The fourth-order valence-corrected chi connectivity index (χ4v) is 6.91. The lowest BCUT2D eigenvalue weighted by Gasteiger charge is -2.30. The van der Waals surface area contributed by atoms with Gasteiger partial charge < -0.3 is 4.90 Å². The summed E-state index contributed by atoms with van der Waals surface area (Å²) in [6.07, 6.45) is 0. The summed E-state index contributed by atoms with van der Waals surface area (Å²) in [5, 5.41) is 4.98. The van der Waals surface area contributed by atoms with Crippen LogP contribution >= 0.6 is 0 Å². The molecule has 0 atom stereocenters. The van der Waals surface area contributed by atoms with Gasteiger partial charge in [0.1, 0.15) is 0 Å². The van der Waals surface area contributed by atoms with Crippen LogP contribution in [0.25, 0.3) is 43.8 Å². The Bertz CT molecular complexity index is 2120. The molecule has 0 aliphatic heterocycles. The summed E-state index contributed by atoms with van der Waals surface area (Å²) in [4.78, 5) is 2.46. The minimum atomic E-state index is -0.0632. The zero-order chi connectivity index (χ0) is 28.3. The molecule has 0 saturated carbocycles. The Morgan fingerprint density at radius 1 is 0.452 bits per heavy atom. The third-order valence-electron chi connectivity index (χ3n) is 9.02. The molecule has 1 nitrogen and oxygen atoms in total. The van der Waals surface area contributed by atoms with E-state index >= 15 is 0 Å². The van der Waals surface area contributed by atoms with Crippen LogP contribution in [0, 0.1) is 0 Å². The zero-order valence-electron chi connectivity index (χ0n) is 23.9. The number of para-hydroxylation sites is 1. The van der Waals surface area contributed by atoms with Crippen LogP contribution in [0.15, 0.2) is 152 Å². The Morgan fingerprint density at radius 3 is 1.93 bits per heavy atom. The van der Waals surface area contributed by atoms with E-state index in [1.165, 1.54) is 66.3 Å². The van der Waals surface area contributed by atoms with Crippen LogP contribution in [0.5, 0.6) is 0 Å². The lowest BCUT2D eigenvalue weighted by molar-refractivity contribution is 0.660. The minimum absolute atomic E-state index is 0.0632. The normalized spacial score (nSPS) is 13.2. The Balaban J connectivity index is 1.38. The van der Waals surface area contributed by atoms with Gasteiger partial charge >= 0.3 is 0 Å². The number of anilines is 3. The maximum absolute atomic E-state index is 2.46. The molecule has 7 aromatic rings. The first-order chi connectivity index (χ1) is 20.6. The lowest BCUT2D eigenvalue weighted by Crippen LogP contribution is -2.16. The number of hydrogen-bond acceptors (Lipinski definition) is 1. The fraction of sp³-hybridized carbons (Fsp3) is 0.0732. The molecule has 0 unspecified atom stereocenters. The molecular weight excluding hydrogens is 506 g/mol. The van der Waals surface area contributed by atoms with Gasteiger partial charge in [0, 0.05) is 22.1 Å². The van der Waals surface area contributed by atoms with Gasteiger partial charge in [0.2, 0.25) is 0 Å². The Morgan fingerprint density at radius 2 is 1.07 bits per heavy atom. The van der Waals surface area contributed by atoms with Crippen molar-refractivity contribution in [2.45, 2.75) is 19.3 Å². The van der Waals surface area contributed by atoms with Crippen molar-refractivity contribution in [3.05, 3.63) is 163 Å². The second-order valence-electron chi connectivity index (χ2n) is 11.8. The molecule has 7 aromatic carbocycles. The van der Waals surface area contributed by atoms with Crippen LogP contribution in [-0.4, -0.2) is 0 Å². The molecular formula is C41H31N. The molecule has 8 rings (SSSR count). The van der Waals surface area contributed by atoms with Crippen LogP contribution in [-0.2, 0) is 5.41 Å². The molecule has 0 spiro atoms. The maximum Gasteiger partial charge on any atom is 0.0543 e. The quantitative estimate of drug-likeness (QED) is 0.216. The predicted octanol–water partition coefficient (Wildman–Crippen LogP) is 11.4. The molecule has 0 aromatic heterocycles. The summed E-state index contributed by atoms with van der Waals surface area (Å²) in [7, 11) is 0. The van der Waals surface area contributed by atoms with Gasteiger partial charge in [-0.05, 0) is 80.4 Å². The first kappa shape index (κ1) is 24.6. The van der Waals surface area contributed by atoms with Gasteiger partial charge in [0.05, 0.1) is 11.4 Å². The fourth-order valence-electron chi connectivity index (χ4n) is 6.91. The standard InChI is InChI=1S/C41H31N/c1-41(2)36-18-9-8-17-34(36)40-37(41)19-11-21-39(40)42(33-15-4-3-5-16-33)38-20-10-14-29-23-25-32(27-35(29)38)31-24-22-28-12-6-7-13-30(28)26-31/h3-27H,1-2H3. The van der Waals surface area contributed by atoms with Crippen molar-refractivity contribution in [2.75, 3.05) is 4.90 Å². The van der Waals surface area contributed by atoms with Gasteiger partial charge in [0.25, 0.3) is 0 Å². The molecule has 200 valence electrons. The molecule has 0 saturated heterocycles. The van der Waals surface area contributed by atoms with Crippen LogP contribution < -0.4 is 4.90 Å². The number of fused-ring (bicyclic) bond motifs is 5. The van der Waals surface area contributed by atoms with Gasteiger partial charge in [-0.3, -0.25) is 0 Å². The molecule has 0 N–H and O–H groups in total. The molecule has 0 radical (unpaired) electrons. The second-order valence-corrected chi connectivity index (χ2v) is 11.8. The summed E-state index contributed by atoms with van der Waals surface area (Å²) < 4.78 is 0. The van der Waals surface area contributed by atoms with Crippen molar-refractivity contribution < 1.29 is 0 Å². The zero-order valence-corrected chi connectivity index (χ0v) is 23.9. The SMILES string of the molecule is CC1(C)c2ccccc2-c2c(N(c3ccccc3)c3cccc4ccc(-c5ccc6ccccc6c5)cc34)cccc21. The van der Waals surface area contributed by atoms with Gasteiger partial charge in [-0.25, -0.2) is 0 Å². The molecule has 1 aliphatic rings. The Labute approximate surface area is 247 Å². The van der Waals surface area contributed by atoms with Crippen LogP contribution in [0.4, 0.5) is 17.1 Å². The average Bonchev–Trinajstić information content (AvgIpc) is 3.28. The van der Waals surface area contributed by atoms with Crippen LogP contribution in [0.3, 0.4) is 0 Å². The van der Waals surface area contributed by atoms with E-state index in [0.29, 0.717) is 0 Å². The van der Waals surface area contributed by atoms with Gasteiger partial charge in [-0.1, -0.05) is 129 Å². The molecule has 42 heavy (non-hydrogen) atoms. The van der Waals surface area contributed by atoms with E-state index in [1.807, 2.05) is 0 Å². The highest BCUT2D eigenvalue weighted by Crippen LogP contribution is 2.54. The van der Waals surface area contributed by atoms with E-state index in [4.69, 9.17) is 0 Å². The van der Waals surface area contributed by atoms with Crippen LogP contribution in [0.1, 0.15) is 25.0 Å². The van der Waals surface area contributed by atoms with E-state index in [9.17, 15) is 0 Å². The molecule has 0 heterocycles. The number of rotatable bonds is 4. The largest absolute Gasteiger partial charge is 0.309 e. The van der Waals surface area contributed by atoms with Crippen molar-refractivity contribution in [2.24, 2.45) is 0 Å². The summed E-state index contributed by atoms with van der Waals surface area (Å²) in [5.74, 6) is 0. The molecule has 0 fully saturated rings. The minimum Gasteiger partial charge on any atom is -0.309 e. The van der Waals surface area contributed by atoms with Crippen molar-refractivity contribution in [3.63, 3.8) is 0 Å². The maximum atomic E-state index is 2.46. The topological polar surface area (TPSA) is 3.24 Å². The third kappa shape index (κ3) is 3.78. The predicted molar refractivity (Wildman–Crippen MR) is 179 cm³/mol. The van der Waals surface area contributed by atoms with E-state index in [-0.39, 0.29) is 5.41 Å². The van der Waals surface area contributed by atoms with Gasteiger partial charge in [-0.15, -0.1) is 0 Å². The van der Waals surface area contributed by atoms with E-state index < -0.39 is 0 Å². The highest BCUT2D eigenvalue weighted by Gasteiger charge is 2.37. The first-order valence-electron chi connectivity index (χ1n) is 14.7. The van der Waals surface area contributed by atoms with Crippen molar-refractivity contribution in [3.8, 4) is 22.3 Å². The third-order valence-corrected chi connectivity index (χ3v) is 9.02. The second kappa shape index (κ2) is 9.46. The smallest absolute Gasteiger partial charge is 0.0543 e. The highest BCUT2D eigenvalue weighted by molar-refractivity contribution is 6.04. The molecule has 1 heteroatoms. The van der Waals surface area contributed by atoms with Gasteiger partial charge in [0.15, 0.2) is 0 Å². The molecule has 1 aliphatic carbocycles. The average molecular weight is 538 g/mol. The number of hydrogen-bond donors (Lipinski definition) is 0. The van der Waals surface area contributed by atoms with E-state index in [1.54, 1.807) is 0 Å². The van der Waals surface area contributed by atoms with E-state index in [2.05, 4.69) is 170 Å². The highest BCUT2D eigenvalue weighted by atomic mass is 15.1. The number of benzene rings is 7. The molecule has 0 bridgehead atoms. The lowest BCUT2D eigenvalue weighted by atomic mass is 9.82. The summed E-state index contributed by atoms with van der Waals surface area (Å²) in [6, 6.07) is 55.4. The Hall–Kier alpha value is -5.14. The van der Waals surface area contributed by atoms with Crippen molar-refractivity contribution >= 4 is 38.6 Å². The molecule has 0 amide bonds. The van der Waals surface area contributed by atoms with Crippen molar-refractivity contribution in [1.82, 2.24) is 0 Å². The van der Waals surface area contributed by atoms with Gasteiger partial charge in [-0.2, -0.15) is 0 Å². The summed E-state index contributed by atoms with van der Waals surface area (Å²) >= 11 is 0. The van der Waals surface area contributed by atoms with E-state index in [0.717, 1.165) is 5.69 Å². The summed E-state index contributed by atoms with van der Waals surface area (Å²) in [6.45, 7) is 4.70. The Kier molecular flexibility index (Phi) is 5.55. The number of nitrogens with zero attached hydrogens (tertiary/aromatic N) is 1. The first-order valence-corrected chi connectivity index (χ1v) is 14.7.